The van der Waals surface area contributed by atoms with Crippen LogP contribution in [0.2, 0.25) is 0 Å². The molecule has 2 aliphatic heterocycles. The number of aliphatic hydroxyl groups is 2. The van der Waals surface area contributed by atoms with Crippen LogP contribution < -0.4 is 16.2 Å². The van der Waals surface area contributed by atoms with Crippen LogP contribution >= 0.6 is 0 Å². The number of nitrogens with one attached hydrogen (secondary N) is 2. The number of aromatic nitrogens is 2. The van der Waals surface area contributed by atoms with Crippen LogP contribution in [0.4, 0.5) is 9.18 Å². The topological polar surface area (TPSA) is 143 Å². The number of nitrogens with zero attached hydrogens (tertiary/aromatic N) is 2. The maximum atomic E-state index is 15.0. The normalized spacial score (nSPS) is 25.9. The van der Waals surface area contributed by atoms with Gasteiger partial charge in [-0.25, -0.2) is 19.0 Å². The van der Waals surface area contributed by atoms with E-state index in [1.165, 1.54) is 6.07 Å². The van der Waals surface area contributed by atoms with Crippen LogP contribution in [0.25, 0.3) is 22.3 Å². The average molecular weight is 549 g/mol. The lowest BCUT2D eigenvalue weighted by Gasteiger charge is -2.34. The molecule has 4 heterocycles. The summed E-state index contributed by atoms with van der Waals surface area (Å²) in [6, 6.07) is 1.86. The van der Waals surface area contributed by atoms with Crippen molar-refractivity contribution in [2.75, 3.05) is 0 Å². The number of cyclic esters (lactones) is 1. The number of urea groups is 1. The van der Waals surface area contributed by atoms with Gasteiger partial charge in [-0.2, -0.15) is 0 Å². The summed E-state index contributed by atoms with van der Waals surface area (Å²) in [5.41, 5.74) is 2.25. The number of hydrogen-bond acceptors (Lipinski definition) is 7. The van der Waals surface area contributed by atoms with Crippen molar-refractivity contribution in [1.82, 2.24) is 20.2 Å². The summed E-state index contributed by atoms with van der Waals surface area (Å²) in [6.07, 6.45) is 1.86. The summed E-state index contributed by atoms with van der Waals surface area (Å²) in [4.78, 5) is 44.0. The van der Waals surface area contributed by atoms with Crippen LogP contribution in [0, 0.1) is 12.7 Å². The zero-order valence-electron chi connectivity index (χ0n) is 22.1. The molecule has 1 fully saturated rings. The van der Waals surface area contributed by atoms with Crippen LogP contribution in [-0.2, 0) is 34.7 Å². The van der Waals surface area contributed by atoms with Crippen molar-refractivity contribution in [3.8, 4) is 11.4 Å². The van der Waals surface area contributed by atoms with Gasteiger partial charge in [0.2, 0.25) is 0 Å². The molecule has 1 aromatic carbocycles. The number of amides is 2. The van der Waals surface area contributed by atoms with Crippen LogP contribution in [0.15, 0.2) is 16.9 Å². The molecule has 208 valence electrons. The van der Waals surface area contributed by atoms with E-state index in [4.69, 9.17) is 9.72 Å². The Morgan fingerprint density at radius 1 is 1.20 bits per heavy atom. The third kappa shape index (κ3) is 3.34. The van der Waals surface area contributed by atoms with Crippen molar-refractivity contribution in [2.24, 2.45) is 0 Å². The van der Waals surface area contributed by atoms with E-state index < -0.39 is 29.7 Å². The molecule has 0 saturated heterocycles. The molecule has 0 spiro atoms. The van der Waals surface area contributed by atoms with Gasteiger partial charge in [0, 0.05) is 22.6 Å². The van der Waals surface area contributed by atoms with Crippen LogP contribution in [0.1, 0.15) is 72.0 Å². The van der Waals surface area contributed by atoms with Gasteiger partial charge >= 0.3 is 12.0 Å². The fraction of sp³-hybridized carbons (Fsp3) is 0.448. The highest BCUT2D eigenvalue weighted by molar-refractivity contribution is 5.94. The number of carbonyl (C=O) groups is 2. The Bertz CT molecular complexity index is 1720. The van der Waals surface area contributed by atoms with Crippen molar-refractivity contribution < 1.29 is 28.9 Å². The lowest BCUT2D eigenvalue weighted by Crippen LogP contribution is -2.53. The van der Waals surface area contributed by atoms with Gasteiger partial charge < -0.3 is 30.2 Å². The molecule has 2 unspecified atom stereocenters. The molecule has 4 N–H and O–H groups in total. The molecule has 7 rings (SSSR count). The molecule has 1 saturated carbocycles. The molecule has 4 aliphatic rings. The van der Waals surface area contributed by atoms with Gasteiger partial charge in [0.05, 0.1) is 47.2 Å². The molecule has 4 atom stereocenters. The standard InChI is InChI=1S/C29H29FN4O6/c1-3-29(39)16-8-21-25-14(10-34(21)26(36)15(16)11-40-27(29)37)24-19(33-28(38)32-18-6-7-22(18)35)5-4-13-12(2)17(30)9-20(31-25)23(13)24/h8-9,18-19,22,35,39H,3-7,10-11H2,1-2H3,(H2,32,33,38)/t18?,19-,22?,29-/m0/s1. The monoisotopic (exact) mass is 548 g/mol. The number of hydrogen-bond donors (Lipinski definition) is 4. The second kappa shape index (κ2) is 8.58. The average Bonchev–Trinajstić information content (AvgIpc) is 3.31. The van der Waals surface area contributed by atoms with Crippen molar-refractivity contribution in [3.05, 3.63) is 61.7 Å². The Balaban J connectivity index is 1.42. The van der Waals surface area contributed by atoms with E-state index >= 15 is 4.39 Å². The quantitative estimate of drug-likeness (QED) is 0.288. The van der Waals surface area contributed by atoms with Gasteiger partial charge in [0.1, 0.15) is 12.4 Å². The maximum Gasteiger partial charge on any atom is 0.343 e. The number of benzene rings is 1. The zero-order chi connectivity index (χ0) is 28.1. The van der Waals surface area contributed by atoms with Crippen molar-refractivity contribution >= 4 is 22.9 Å². The number of aliphatic hydroxyl groups excluding tert-OH is 1. The fourth-order valence-electron chi connectivity index (χ4n) is 6.72. The van der Waals surface area contributed by atoms with E-state index in [2.05, 4.69) is 10.6 Å². The number of halogens is 1. The van der Waals surface area contributed by atoms with Gasteiger partial charge in [-0.3, -0.25) is 4.79 Å². The third-order valence-corrected chi connectivity index (χ3v) is 9.24. The van der Waals surface area contributed by atoms with Crippen LogP contribution in [-0.4, -0.2) is 43.9 Å². The summed E-state index contributed by atoms with van der Waals surface area (Å²) in [6.45, 7) is 3.31. The Morgan fingerprint density at radius 3 is 2.70 bits per heavy atom. The molecule has 2 aromatic heterocycles. The molecule has 2 aliphatic carbocycles. The van der Waals surface area contributed by atoms with E-state index in [0.717, 1.165) is 22.1 Å². The molecule has 11 heteroatoms. The predicted molar refractivity (Wildman–Crippen MR) is 141 cm³/mol. The lowest BCUT2D eigenvalue weighted by atomic mass is 9.81. The second-order valence-electron chi connectivity index (χ2n) is 11.3. The molecular formula is C29H29FN4O6. The first-order valence-corrected chi connectivity index (χ1v) is 13.7. The molecule has 0 radical (unpaired) electrons. The Labute approximate surface area is 228 Å². The minimum Gasteiger partial charge on any atom is -0.458 e. The smallest absolute Gasteiger partial charge is 0.343 e. The Morgan fingerprint density at radius 2 is 2.00 bits per heavy atom. The largest absolute Gasteiger partial charge is 0.458 e. The fourth-order valence-corrected chi connectivity index (χ4v) is 6.72. The molecule has 2 amide bonds. The first kappa shape index (κ1) is 25.2. The first-order valence-electron chi connectivity index (χ1n) is 13.7. The second-order valence-corrected chi connectivity index (χ2v) is 11.3. The number of rotatable bonds is 3. The van der Waals surface area contributed by atoms with E-state index in [0.29, 0.717) is 48.2 Å². The molecule has 0 bridgehead atoms. The number of esters is 1. The van der Waals surface area contributed by atoms with Gasteiger partial charge in [-0.15, -0.1) is 0 Å². The predicted octanol–water partition coefficient (Wildman–Crippen LogP) is 2.34. The number of carbonyl (C=O) groups excluding carboxylic acids is 2. The minimum atomic E-state index is -1.96. The summed E-state index contributed by atoms with van der Waals surface area (Å²) < 4.78 is 21.7. The summed E-state index contributed by atoms with van der Waals surface area (Å²) in [5, 5.41) is 27.8. The molecule has 3 aromatic rings. The Kier molecular flexibility index (Phi) is 5.40. The maximum absolute atomic E-state index is 15.0. The zero-order valence-corrected chi connectivity index (χ0v) is 22.1. The molecule has 40 heavy (non-hydrogen) atoms. The summed E-state index contributed by atoms with van der Waals surface area (Å²) in [7, 11) is 0. The first-order chi connectivity index (χ1) is 19.1. The van der Waals surface area contributed by atoms with Crippen molar-refractivity contribution in [2.45, 2.75) is 82.9 Å². The van der Waals surface area contributed by atoms with E-state index in [9.17, 15) is 24.6 Å². The highest BCUT2D eigenvalue weighted by atomic mass is 19.1. The highest BCUT2D eigenvalue weighted by Crippen LogP contribution is 2.46. The number of aryl methyl sites for hydroxylation is 1. The molecule has 10 nitrogen and oxygen atoms in total. The summed E-state index contributed by atoms with van der Waals surface area (Å²) >= 11 is 0. The van der Waals surface area contributed by atoms with Gasteiger partial charge in [0.15, 0.2) is 5.60 Å². The van der Waals surface area contributed by atoms with Crippen molar-refractivity contribution in [1.29, 1.82) is 0 Å². The number of ether oxygens (including phenoxy) is 1. The van der Waals surface area contributed by atoms with Crippen molar-refractivity contribution in [3.63, 3.8) is 0 Å². The third-order valence-electron chi connectivity index (χ3n) is 9.24. The highest BCUT2D eigenvalue weighted by Gasteiger charge is 2.46. The SMILES string of the molecule is CC[C@@]1(O)C(=O)OCc2c1cc1n(c2=O)Cc2c-1nc1cc(F)c(C)c3c1c2[C@@H](NC(=O)NC1CCC1O)CC3. The molecular weight excluding hydrogens is 519 g/mol. The number of pyridine rings is 2. The Hall–Kier alpha value is -3.83. The lowest BCUT2D eigenvalue weighted by molar-refractivity contribution is -0.172. The van der Waals surface area contributed by atoms with E-state index in [1.807, 2.05) is 0 Å². The minimum absolute atomic E-state index is 0.0234. The van der Waals surface area contributed by atoms with E-state index in [-0.39, 0.29) is 48.1 Å². The number of fused-ring (bicyclic) bond motifs is 5. The van der Waals surface area contributed by atoms with Gasteiger partial charge in [-0.1, -0.05) is 6.92 Å². The van der Waals surface area contributed by atoms with E-state index in [1.54, 1.807) is 24.5 Å². The van der Waals surface area contributed by atoms with Crippen LogP contribution in [0.3, 0.4) is 0 Å². The van der Waals surface area contributed by atoms with Crippen LogP contribution in [0.5, 0.6) is 0 Å². The van der Waals surface area contributed by atoms with Gasteiger partial charge in [-0.05, 0) is 61.8 Å². The summed E-state index contributed by atoms with van der Waals surface area (Å²) in [5.74, 6) is -1.19. The van der Waals surface area contributed by atoms with Gasteiger partial charge in [0.25, 0.3) is 5.56 Å².